The number of hydrogen-bond acceptors (Lipinski definition) is 3. The minimum Gasteiger partial charge on any atom is -0.497 e. The second-order valence-corrected chi connectivity index (χ2v) is 7.92. The van der Waals surface area contributed by atoms with Gasteiger partial charge in [0.25, 0.3) is 5.91 Å². The molecule has 0 aliphatic heterocycles. The van der Waals surface area contributed by atoms with Gasteiger partial charge in [-0.2, -0.15) is 0 Å². The fraction of sp³-hybridized carbons (Fsp3) is 0.458. The molecule has 0 radical (unpaired) electrons. The lowest BCUT2D eigenvalue weighted by atomic mass is 9.96. The summed E-state index contributed by atoms with van der Waals surface area (Å²) in [6.45, 7) is 10.3. The number of amides is 1. The Bertz CT molecular complexity index is 753. The smallest absolute Gasteiger partial charge is 0.261 e. The van der Waals surface area contributed by atoms with Crippen LogP contribution >= 0.6 is 0 Å². The molecule has 0 aliphatic rings. The van der Waals surface area contributed by atoms with E-state index in [-0.39, 0.29) is 11.9 Å². The zero-order valence-corrected chi connectivity index (χ0v) is 17.9. The zero-order chi connectivity index (χ0) is 20.7. The average molecular weight is 384 g/mol. The molecule has 0 aromatic heterocycles. The van der Waals surface area contributed by atoms with E-state index in [1.165, 1.54) is 0 Å². The molecule has 4 heteroatoms. The second-order valence-electron chi connectivity index (χ2n) is 7.92. The Balaban J connectivity index is 2.11. The van der Waals surface area contributed by atoms with E-state index >= 15 is 0 Å². The topological polar surface area (TPSA) is 47.6 Å². The van der Waals surface area contributed by atoms with Crippen molar-refractivity contribution in [2.45, 2.75) is 59.1 Å². The summed E-state index contributed by atoms with van der Waals surface area (Å²) >= 11 is 0. The van der Waals surface area contributed by atoms with Crippen molar-refractivity contribution < 1.29 is 14.3 Å². The first-order valence-electron chi connectivity index (χ1n) is 10.0. The van der Waals surface area contributed by atoms with E-state index in [1.54, 1.807) is 14.0 Å². The Kier molecular flexibility index (Phi) is 7.91. The molecule has 0 unspecified atom stereocenters. The van der Waals surface area contributed by atoms with Crippen LogP contribution in [-0.4, -0.2) is 19.1 Å². The van der Waals surface area contributed by atoms with Crippen LogP contribution in [-0.2, 0) is 4.79 Å². The van der Waals surface area contributed by atoms with Crippen molar-refractivity contribution in [1.29, 1.82) is 0 Å². The van der Waals surface area contributed by atoms with E-state index in [1.807, 2.05) is 48.5 Å². The fourth-order valence-corrected chi connectivity index (χ4v) is 3.18. The highest BCUT2D eigenvalue weighted by Gasteiger charge is 2.22. The Morgan fingerprint density at radius 1 is 0.964 bits per heavy atom. The van der Waals surface area contributed by atoms with Crippen molar-refractivity contribution in [2.75, 3.05) is 7.11 Å². The van der Waals surface area contributed by atoms with Crippen molar-refractivity contribution in [1.82, 2.24) is 5.32 Å². The fourth-order valence-electron chi connectivity index (χ4n) is 3.18. The second kappa shape index (κ2) is 10.2. The van der Waals surface area contributed by atoms with Gasteiger partial charge in [-0.25, -0.2) is 0 Å². The quantitative estimate of drug-likeness (QED) is 0.623. The van der Waals surface area contributed by atoms with E-state index in [0.29, 0.717) is 11.8 Å². The monoisotopic (exact) mass is 383 g/mol. The number of methoxy groups -OCH3 is 1. The van der Waals surface area contributed by atoms with Crippen LogP contribution in [0.25, 0.3) is 0 Å². The molecule has 0 heterocycles. The van der Waals surface area contributed by atoms with Gasteiger partial charge in [-0.1, -0.05) is 58.0 Å². The third-order valence-electron chi connectivity index (χ3n) is 4.76. The van der Waals surface area contributed by atoms with E-state index < -0.39 is 6.10 Å². The first kappa shape index (κ1) is 21.8. The molecule has 1 amide bonds. The summed E-state index contributed by atoms with van der Waals surface area (Å²) in [5, 5.41) is 3.17. The van der Waals surface area contributed by atoms with Gasteiger partial charge in [-0.3, -0.25) is 4.79 Å². The number of ether oxygens (including phenoxy) is 2. The van der Waals surface area contributed by atoms with Gasteiger partial charge in [0.15, 0.2) is 6.10 Å². The van der Waals surface area contributed by atoms with Gasteiger partial charge in [-0.05, 0) is 54.5 Å². The third kappa shape index (κ3) is 6.01. The summed E-state index contributed by atoms with van der Waals surface area (Å²) in [6.07, 6.45) is 0.278. The minimum absolute atomic E-state index is 0.0650. The molecule has 0 spiro atoms. The van der Waals surface area contributed by atoms with Crippen molar-refractivity contribution >= 4 is 5.91 Å². The Labute approximate surface area is 169 Å². The summed E-state index contributed by atoms with van der Waals surface area (Å²) in [4.78, 5) is 12.9. The van der Waals surface area contributed by atoms with Crippen LogP contribution in [0.5, 0.6) is 11.5 Å². The van der Waals surface area contributed by atoms with Gasteiger partial charge >= 0.3 is 0 Å². The number of nitrogens with one attached hydrogen (secondary N) is 1. The summed E-state index contributed by atoms with van der Waals surface area (Å²) in [5.41, 5.74) is 2.17. The average Bonchev–Trinajstić information content (AvgIpc) is 2.67. The summed E-state index contributed by atoms with van der Waals surface area (Å²) in [5.74, 6) is 2.25. The summed E-state index contributed by atoms with van der Waals surface area (Å²) in [6, 6.07) is 15.7. The molecule has 0 aliphatic carbocycles. The molecule has 0 saturated heterocycles. The number of carbonyl (C=O) groups is 1. The highest BCUT2D eigenvalue weighted by Crippen LogP contribution is 2.27. The molecule has 2 atom stereocenters. The van der Waals surface area contributed by atoms with Crippen molar-refractivity contribution in [3.63, 3.8) is 0 Å². The Morgan fingerprint density at radius 3 is 2.18 bits per heavy atom. The lowest BCUT2D eigenvalue weighted by Crippen LogP contribution is -2.39. The van der Waals surface area contributed by atoms with Crippen LogP contribution in [0.4, 0.5) is 0 Å². The molecule has 1 N–H and O–H groups in total. The molecular formula is C24H33NO3. The molecule has 0 bridgehead atoms. The highest BCUT2D eigenvalue weighted by molar-refractivity contribution is 5.81. The molecular weight excluding hydrogens is 350 g/mol. The lowest BCUT2D eigenvalue weighted by molar-refractivity contribution is -0.128. The predicted octanol–water partition coefficient (Wildman–Crippen LogP) is 5.49. The van der Waals surface area contributed by atoms with Crippen LogP contribution in [0.1, 0.15) is 64.1 Å². The minimum atomic E-state index is -0.576. The third-order valence-corrected chi connectivity index (χ3v) is 4.76. The molecule has 28 heavy (non-hydrogen) atoms. The largest absolute Gasteiger partial charge is 0.497 e. The van der Waals surface area contributed by atoms with E-state index in [9.17, 15) is 4.79 Å². The first-order valence-corrected chi connectivity index (χ1v) is 10.0. The molecule has 152 valence electrons. The van der Waals surface area contributed by atoms with Crippen molar-refractivity contribution in [2.24, 2.45) is 5.92 Å². The summed E-state index contributed by atoms with van der Waals surface area (Å²) < 4.78 is 11.3. The van der Waals surface area contributed by atoms with Gasteiger partial charge in [0, 0.05) is 0 Å². The number of hydrogen-bond donors (Lipinski definition) is 1. The van der Waals surface area contributed by atoms with Crippen LogP contribution < -0.4 is 14.8 Å². The first-order chi connectivity index (χ1) is 13.3. The highest BCUT2D eigenvalue weighted by atomic mass is 16.5. The molecule has 2 aromatic rings. The molecule has 0 fully saturated rings. The Hall–Kier alpha value is -2.49. The number of carbonyl (C=O) groups excluding carboxylic acids is 1. The zero-order valence-electron chi connectivity index (χ0n) is 17.9. The number of para-hydroxylation sites is 1. The molecule has 2 rings (SSSR count). The van der Waals surface area contributed by atoms with E-state index in [0.717, 1.165) is 29.0 Å². The van der Waals surface area contributed by atoms with Gasteiger partial charge in [0.1, 0.15) is 11.5 Å². The maximum Gasteiger partial charge on any atom is 0.261 e. The van der Waals surface area contributed by atoms with Crippen LogP contribution in [0.3, 0.4) is 0 Å². The van der Waals surface area contributed by atoms with Crippen molar-refractivity contribution in [3.05, 3.63) is 59.7 Å². The van der Waals surface area contributed by atoms with Crippen molar-refractivity contribution in [3.8, 4) is 11.5 Å². The normalized spacial score (nSPS) is 13.3. The Morgan fingerprint density at radius 2 is 1.61 bits per heavy atom. The van der Waals surface area contributed by atoms with Crippen LogP contribution in [0.2, 0.25) is 0 Å². The maximum atomic E-state index is 12.9. The number of rotatable bonds is 9. The van der Waals surface area contributed by atoms with Gasteiger partial charge in [-0.15, -0.1) is 0 Å². The lowest BCUT2D eigenvalue weighted by Gasteiger charge is -2.24. The van der Waals surface area contributed by atoms with Gasteiger partial charge in [0.05, 0.1) is 13.2 Å². The number of benzene rings is 2. The maximum absolute atomic E-state index is 12.9. The SMILES string of the molecule is COc1ccc([C@H](CC(C)C)NC(=O)[C@H](C)Oc2ccccc2C(C)C)cc1. The van der Waals surface area contributed by atoms with E-state index in [2.05, 4.69) is 33.0 Å². The molecule has 4 nitrogen and oxygen atoms in total. The van der Waals surface area contributed by atoms with Crippen LogP contribution in [0, 0.1) is 5.92 Å². The predicted molar refractivity (Wildman–Crippen MR) is 114 cm³/mol. The molecule has 2 aromatic carbocycles. The van der Waals surface area contributed by atoms with E-state index in [4.69, 9.17) is 9.47 Å². The van der Waals surface area contributed by atoms with Gasteiger partial charge in [0.2, 0.25) is 0 Å². The summed E-state index contributed by atoms with van der Waals surface area (Å²) in [7, 11) is 1.65. The standard InChI is InChI=1S/C24H33NO3/c1-16(2)15-22(19-11-13-20(27-6)14-12-19)25-24(26)18(5)28-23-10-8-7-9-21(23)17(3)4/h7-14,16-18,22H,15H2,1-6H3,(H,25,26)/t18-,22-/m0/s1. The van der Waals surface area contributed by atoms with Gasteiger partial charge < -0.3 is 14.8 Å². The molecule has 0 saturated carbocycles. The van der Waals surface area contributed by atoms with Crippen LogP contribution in [0.15, 0.2) is 48.5 Å².